The quantitative estimate of drug-likeness (QED) is 0.387. The number of hydrogen-bond acceptors (Lipinski definition) is 5. The molecule has 7 nitrogen and oxygen atoms in total. The van der Waals surface area contributed by atoms with Gasteiger partial charge in [-0.2, -0.15) is 0 Å². The molecular formula is C8H17NO6. The maximum Gasteiger partial charge on any atom is 0.320 e. The molecule has 0 amide bonds. The van der Waals surface area contributed by atoms with Crippen molar-refractivity contribution < 1.29 is 30.0 Å². The lowest BCUT2D eigenvalue weighted by Crippen LogP contribution is -2.30. The van der Waals surface area contributed by atoms with Crippen LogP contribution in [0.15, 0.2) is 0 Å². The second kappa shape index (κ2) is 9.38. The lowest BCUT2D eigenvalue weighted by molar-refractivity contribution is -0.139. The maximum atomic E-state index is 9.99. The van der Waals surface area contributed by atoms with Crippen LogP contribution in [0.3, 0.4) is 0 Å². The summed E-state index contributed by atoms with van der Waals surface area (Å²) in [6.45, 7) is 1.39. The van der Waals surface area contributed by atoms with E-state index in [1.165, 1.54) is 6.92 Å². The standard InChI is InChI=1S/C5H9NO4.C3H8O2/c6-3(5(9)10)1-2-4(7)8;1-3(5)2-4/h3H,1-2,6H2,(H,7,8)(H,9,10);3-5H,2H2,1H3/t3-;/m0./s1. The molecule has 0 rings (SSSR count). The van der Waals surface area contributed by atoms with E-state index < -0.39 is 24.1 Å². The van der Waals surface area contributed by atoms with E-state index in [9.17, 15) is 9.59 Å². The molecule has 0 aromatic rings. The van der Waals surface area contributed by atoms with Crippen molar-refractivity contribution in [1.82, 2.24) is 0 Å². The van der Waals surface area contributed by atoms with Crippen molar-refractivity contribution in [3.8, 4) is 0 Å². The second-order valence-corrected chi connectivity index (χ2v) is 2.91. The topological polar surface area (TPSA) is 141 Å². The van der Waals surface area contributed by atoms with Gasteiger partial charge in [-0.05, 0) is 13.3 Å². The fourth-order valence-corrected chi connectivity index (χ4v) is 0.402. The Hall–Kier alpha value is -1.18. The monoisotopic (exact) mass is 223 g/mol. The highest BCUT2D eigenvalue weighted by atomic mass is 16.4. The van der Waals surface area contributed by atoms with Crippen molar-refractivity contribution in [3.63, 3.8) is 0 Å². The van der Waals surface area contributed by atoms with Gasteiger partial charge in [-0.15, -0.1) is 0 Å². The van der Waals surface area contributed by atoms with Gasteiger partial charge in [-0.25, -0.2) is 0 Å². The molecule has 90 valence electrons. The minimum atomic E-state index is -1.17. The van der Waals surface area contributed by atoms with Gasteiger partial charge in [0, 0.05) is 6.42 Å². The van der Waals surface area contributed by atoms with Crippen LogP contribution in [-0.2, 0) is 9.59 Å². The van der Waals surface area contributed by atoms with Crippen LogP contribution >= 0.6 is 0 Å². The first-order valence-electron chi connectivity index (χ1n) is 4.30. The van der Waals surface area contributed by atoms with Crippen LogP contribution < -0.4 is 5.73 Å². The summed E-state index contributed by atoms with van der Waals surface area (Å²) in [6, 6.07) is -1.06. The zero-order valence-corrected chi connectivity index (χ0v) is 8.46. The number of nitrogens with two attached hydrogens (primary N) is 1. The zero-order chi connectivity index (χ0) is 12.4. The SMILES string of the molecule is CC(O)CO.N[C@@H](CCC(=O)O)C(=O)O. The lowest BCUT2D eigenvalue weighted by Gasteiger charge is -2.01. The molecule has 0 aromatic carbocycles. The number of aliphatic carboxylic acids is 2. The van der Waals surface area contributed by atoms with Crippen molar-refractivity contribution >= 4 is 11.9 Å². The number of carboxylic acid groups (broad SMARTS) is 2. The molecule has 1 unspecified atom stereocenters. The predicted molar refractivity (Wildman–Crippen MR) is 51.2 cm³/mol. The first kappa shape index (κ1) is 16.3. The minimum Gasteiger partial charge on any atom is -0.481 e. The zero-order valence-electron chi connectivity index (χ0n) is 8.46. The normalized spacial score (nSPS) is 13.3. The molecule has 0 aliphatic rings. The van der Waals surface area contributed by atoms with E-state index in [1.54, 1.807) is 0 Å². The van der Waals surface area contributed by atoms with Crippen LogP contribution in [0.4, 0.5) is 0 Å². The third-order valence-electron chi connectivity index (χ3n) is 1.25. The second-order valence-electron chi connectivity index (χ2n) is 2.91. The van der Waals surface area contributed by atoms with E-state index in [1.807, 2.05) is 0 Å². The molecular weight excluding hydrogens is 206 g/mol. The van der Waals surface area contributed by atoms with E-state index in [0.717, 1.165) is 0 Å². The van der Waals surface area contributed by atoms with Gasteiger partial charge in [-0.3, -0.25) is 9.59 Å². The van der Waals surface area contributed by atoms with Crippen LogP contribution in [0.2, 0.25) is 0 Å². The fraction of sp³-hybridized carbons (Fsp3) is 0.750. The van der Waals surface area contributed by atoms with Gasteiger partial charge in [0.05, 0.1) is 12.7 Å². The third kappa shape index (κ3) is 15.6. The summed E-state index contributed by atoms with van der Waals surface area (Å²) in [6.07, 6.45) is -0.784. The predicted octanol–water partition coefficient (Wildman–Crippen LogP) is -1.38. The summed E-state index contributed by atoms with van der Waals surface area (Å²) in [5, 5.41) is 32.3. The van der Waals surface area contributed by atoms with Crippen LogP contribution in [0, 0.1) is 0 Å². The van der Waals surface area contributed by atoms with Gasteiger partial charge in [-0.1, -0.05) is 0 Å². The highest BCUT2D eigenvalue weighted by Crippen LogP contribution is 1.93. The molecule has 0 heterocycles. The number of rotatable bonds is 5. The van der Waals surface area contributed by atoms with Crippen molar-refractivity contribution in [2.24, 2.45) is 5.73 Å². The van der Waals surface area contributed by atoms with E-state index in [4.69, 9.17) is 26.2 Å². The number of carbonyl (C=O) groups is 2. The van der Waals surface area contributed by atoms with Gasteiger partial charge < -0.3 is 26.2 Å². The summed E-state index contributed by atoms with van der Waals surface area (Å²) >= 11 is 0. The Morgan fingerprint density at radius 2 is 1.73 bits per heavy atom. The molecule has 15 heavy (non-hydrogen) atoms. The largest absolute Gasteiger partial charge is 0.481 e. The fourth-order valence-electron chi connectivity index (χ4n) is 0.402. The molecule has 0 spiro atoms. The Morgan fingerprint density at radius 3 is 1.93 bits per heavy atom. The molecule has 0 bridgehead atoms. The van der Waals surface area contributed by atoms with Gasteiger partial charge in [0.25, 0.3) is 0 Å². The smallest absolute Gasteiger partial charge is 0.320 e. The molecule has 0 saturated carbocycles. The van der Waals surface area contributed by atoms with Crippen molar-refractivity contribution in [2.45, 2.75) is 31.9 Å². The average molecular weight is 223 g/mol. The van der Waals surface area contributed by atoms with Gasteiger partial charge in [0.15, 0.2) is 0 Å². The number of aliphatic hydroxyl groups is 2. The Balaban J connectivity index is 0. The summed E-state index contributed by atoms with van der Waals surface area (Å²) in [7, 11) is 0. The number of aliphatic hydroxyl groups excluding tert-OH is 2. The number of carboxylic acids is 2. The minimum absolute atomic E-state index is 0.0231. The van der Waals surface area contributed by atoms with E-state index >= 15 is 0 Å². The molecule has 0 saturated heterocycles. The van der Waals surface area contributed by atoms with E-state index in [-0.39, 0.29) is 19.4 Å². The first-order chi connectivity index (χ1) is 6.81. The summed E-state index contributed by atoms with van der Waals surface area (Å²) < 4.78 is 0. The lowest BCUT2D eigenvalue weighted by atomic mass is 10.2. The van der Waals surface area contributed by atoms with Gasteiger partial charge in [0.2, 0.25) is 0 Å². The third-order valence-corrected chi connectivity index (χ3v) is 1.25. The summed E-state index contributed by atoms with van der Waals surface area (Å²) in [5.41, 5.74) is 5.00. The summed E-state index contributed by atoms with van der Waals surface area (Å²) in [5.74, 6) is -2.20. The molecule has 0 radical (unpaired) electrons. The molecule has 0 aliphatic carbocycles. The van der Waals surface area contributed by atoms with Crippen LogP contribution in [0.1, 0.15) is 19.8 Å². The molecule has 0 aromatic heterocycles. The molecule has 0 fully saturated rings. The maximum absolute atomic E-state index is 9.99. The van der Waals surface area contributed by atoms with Gasteiger partial charge >= 0.3 is 11.9 Å². The summed E-state index contributed by atoms with van der Waals surface area (Å²) in [4.78, 5) is 19.9. The Bertz CT molecular complexity index is 194. The highest BCUT2D eigenvalue weighted by Gasteiger charge is 2.12. The first-order valence-corrected chi connectivity index (χ1v) is 4.30. The Morgan fingerprint density at radius 1 is 1.33 bits per heavy atom. The average Bonchev–Trinajstić information content (AvgIpc) is 2.14. The number of hydrogen-bond donors (Lipinski definition) is 5. The van der Waals surface area contributed by atoms with Crippen molar-refractivity contribution in [1.29, 1.82) is 0 Å². The highest BCUT2D eigenvalue weighted by molar-refractivity contribution is 5.74. The Labute approximate surface area is 87.1 Å². The molecule has 0 aliphatic heterocycles. The van der Waals surface area contributed by atoms with Crippen LogP contribution in [0.25, 0.3) is 0 Å². The molecule has 7 heteroatoms. The van der Waals surface area contributed by atoms with E-state index in [0.29, 0.717) is 0 Å². The Kier molecular flexibility index (Phi) is 10.2. The molecule has 6 N–H and O–H groups in total. The molecule has 2 atom stereocenters. The van der Waals surface area contributed by atoms with Crippen LogP contribution in [-0.4, -0.2) is 51.1 Å². The van der Waals surface area contributed by atoms with Crippen molar-refractivity contribution in [2.75, 3.05) is 6.61 Å². The van der Waals surface area contributed by atoms with Gasteiger partial charge in [0.1, 0.15) is 6.04 Å². The van der Waals surface area contributed by atoms with E-state index in [2.05, 4.69) is 0 Å². The van der Waals surface area contributed by atoms with Crippen LogP contribution in [0.5, 0.6) is 0 Å². The van der Waals surface area contributed by atoms with Crippen molar-refractivity contribution in [3.05, 3.63) is 0 Å².